The Morgan fingerprint density at radius 1 is 1.28 bits per heavy atom. The van der Waals surface area contributed by atoms with Crippen LogP contribution in [0.3, 0.4) is 0 Å². The summed E-state index contributed by atoms with van der Waals surface area (Å²) in [5.74, 6) is 0.186. The van der Waals surface area contributed by atoms with E-state index in [9.17, 15) is 4.79 Å². The van der Waals surface area contributed by atoms with E-state index in [1.54, 1.807) is 0 Å². The van der Waals surface area contributed by atoms with Gasteiger partial charge < -0.3 is 9.64 Å². The highest BCUT2D eigenvalue weighted by atomic mass is 79.9. The zero-order valence-electron chi connectivity index (χ0n) is 11.0. The van der Waals surface area contributed by atoms with E-state index in [4.69, 9.17) is 4.74 Å². The van der Waals surface area contributed by atoms with E-state index in [-0.39, 0.29) is 5.78 Å². The molecule has 1 aromatic carbocycles. The monoisotopic (exact) mass is 313 g/mol. The number of rotatable bonds is 8. The van der Waals surface area contributed by atoms with Crippen molar-refractivity contribution in [3.05, 3.63) is 34.3 Å². The van der Waals surface area contributed by atoms with Gasteiger partial charge in [0.1, 0.15) is 0 Å². The average molecular weight is 314 g/mol. The molecule has 18 heavy (non-hydrogen) atoms. The molecule has 100 valence electrons. The van der Waals surface area contributed by atoms with E-state index < -0.39 is 0 Å². The van der Waals surface area contributed by atoms with Gasteiger partial charge in [0.05, 0.1) is 6.61 Å². The molecule has 0 radical (unpaired) electrons. The Kier molecular flexibility index (Phi) is 7.16. The topological polar surface area (TPSA) is 29.5 Å². The zero-order valence-corrected chi connectivity index (χ0v) is 12.6. The van der Waals surface area contributed by atoms with Gasteiger partial charge in [-0.15, -0.1) is 0 Å². The smallest absolute Gasteiger partial charge is 0.164 e. The normalized spacial score (nSPS) is 10.9. The number of carbonyl (C=O) groups excluding carboxylic acids is 1. The fourth-order valence-corrected chi connectivity index (χ4v) is 1.81. The number of hydrogen-bond donors (Lipinski definition) is 0. The van der Waals surface area contributed by atoms with Gasteiger partial charge in [-0.1, -0.05) is 28.1 Å². The molecule has 0 saturated heterocycles. The molecule has 1 rings (SSSR count). The molecule has 0 fully saturated rings. The van der Waals surface area contributed by atoms with Gasteiger partial charge in [0.2, 0.25) is 0 Å². The first-order chi connectivity index (χ1) is 8.63. The third kappa shape index (κ3) is 5.76. The molecule has 0 unspecified atom stereocenters. The van der Waals surface area contributed by atoms with Gasteiger partial charge in [-0.3, -0.25) is 4.79 Å². The summed E-state index contributed by atoms with van der Waals surface area (Å²) in [5, 5.41) is 0. The van der Waals surface area contributed by atoms with Gasteiger partial charge in [0, 0.05) is 36.2 Å². The number of ketones is 1. The average Bonchev–Trinajstić information content (AvgIpc) is 2.37. The summed E-state index contributed by atoms with van der Waals surface area (Å²) in [5.41, 5.74) is 0.774. The standard InChI is InChI=1S/C14H20BrNO2/c1-3-18-11-10-16(2)9-8-14(17)12-4-6-13(15)7-5-12/h4-7H,3,8-11H2,1-2H3. The van der Waals surface area contributed by atoms with E-state index in [2.05, 4.69) is 20.8 Å². The van der Waals surface area contributed by atoms with E-state index in [0.29, 0.717) is 6.42 Å². The number of carbonyl (C=O) groups is 1. The SMILES string of the molecule is CCOCCN(C)CCC(=O)c1ccc(Br)cc1. The van der Waals surface area contributed by atoms with E-state index >= 15 is 0 Å². The fraction of sp³-hybridized carbons (Fsp3) is 0.500. The zero-order chi connectivity index (χ0) is 13.4. The molecular formula is C14H20BrNO2. The van der Waals surface area contributed by atoms with E-state index in [1.807, 2.05) is 38.2 Å². The summed E-state index contributed by atoms with van der Waals surface area (Å²) in [6.45, 7) is 5.08. The number of ether oxygens (including phenoxy) is 1. The predicted octanol–water partition coefficient (Wildman–Crippen LogP) is 2.99. The van der Waals surface area contributed by atoms with Gasteiger partial charge >= 0.3 is 0 Å². The van der Waals surface area contributed by atoms with Gasteiger partial charge in [0.25, 0.3) is 0 Å². The Bertz CT molecular complexity index is 365. The highest BCUT2D eigenvalue weighted by molar-refractivity contribution is 9.10. The summed E-state index contributed by atoms with van der Waals surface area (Å²) in [7, 11) is 2.01. The minimum absolute atomic E-state index is 0.186. The molecule has 0 spiro atoms. The summed E-state index contributed by atoms with van der Waals surface area (Å²) in [6.07, 6.45) is 0.546. The molecule has 0 amide bonds. The minimum Gasteiger partial charge on any atom is -0.380 e. The van der Waals surface area contributed by atoms with E-state index in [0.717, 1.165) is 36.3 Å². The summed E-state index contributed by atoms with van der Waals surface area (Å²) in [4.78, 5) is 14.0. The number of likely N-dealkylation sites (N-methyl/N-ethyl adjacent to an activating group) is 1. The van der Waals surface area contributed by atoms with Crippen LogP contribution in [-0.2, 0) is 4.74 Å². The molecule has 0 aliphatic rings. The molecule has 3 nitrogen and oxygen atoms in total. The molecule has 0 aliphatic carbocycles. The second-order valence-electron chi connectivity index (χ2n) is 4.18. The number of halogens is 1. The van der Waals surface area contributed by atoms with Crippen LogP contribution in [0.15, 0.2) is 28.7 Å². The van der Waals surface area contributed by atoms with Gasteiger partial charge in [-0.25, -0.2) is 0 Å². The predicted molar refractivity (Wildman–Crippen MR) is 77.1 cm³/mol. The van der Waals surface area contributed by atoms with Crippen molar-refractivity contribution in [3.8, 4) is 0 Å². The molecule has 0 heterocycles. The molecule has 0 N–H and O–H groups in total. The first-order valence-corrected chi connectivity index (χ1v) is 6.98. The first-order valence-electron chi connectivity index (χ1n) is 6.18. The molecule has 0 saturated carbocycles. The lowest BCUT2D eigenvalue weighted by atomic mass is 10.1. The number of Topliss-reactive ketones (excluding diaryl/α,β-unsaturated/α-hetero) is 1. The van der Waals surface area contributed by atoms with Crippen molar-refractivity contribution in [1.29, 1.82) is 0 Å². The molecule has 0 aliphatic heterocycles. The van der Waals surface area contributed by atoms with Crippen LogP contribution >= 0.6 is 15.9 Å². The maximum atomic E-state index is 11.9. The van der Waals surface area contributed by atoms with Crippen molar-refractivity contribution in [2.75, 3.05) is 33.4 Å². The van der Waals surface area contributed by atoms with Crippen LogP contribution in [0.2, 0.25) is 0 Å². The Morgan fingerprint density at radius 2 is 1.94 bits per heavy atom. The second-order valence-corrected chi connectivity index (χ2v) is 5.10. The van der Waals surface area contributed by atoms with Crippen molar-refractivity contribution >= 4 is 21.7 Å². The number of hydrogen-bond acceptors (Lipinski definition) is 3. The largest absolute Gasteiger partial charge is 0.380 e. The molecule has 0 aromatic heterocycles. The summed E-state index contributed by atoms with van der Waals surface area (Å²) < 4.78 is 6.27. The highest BCUT2D eigenvalue weighted by Gasteiger charge is 2.07. The minimum atomic E-state index is 0.186. The van der Waals surface area contributed by atoms with Gasteiger partial charge in [0.15, 0.2) is 5.78 Å². The van der Waals surface area contributed by atoms with Crippen molar-refractivity contribution in [1.82, 2.24) is 4.90 Å². The second kappa shape index (κ2) is 8.40. The van der Waals surface area contributed by atoms with Crippen LogP contribution < -0.4 is 0 Å². The molecular weight excluding hydrogens is 294 g/mol. The molecule has 0 atom stereocenters. The number of benzene rings is 1. The van der Waals surface area contributed by atoms with Crippen molar-refractivity contribution < 1.29 is 9.53 Å². The summed E-state index contributed by atoms with van der Waals surface area (Å²) in [6, 6.07) is 7.50. The van der Waals surface area contributed by atoms with Crippen molar-refractivity contribution in [2.45, 2.75) is 13.3 Å². The Morgan fingerprint density at radius 3 is 2.56 bits per heavy atom. The number of nitrogens with zero attached hydrogens (tertiary/aromatic N) is 1. The lowest BCUT2D eigenvalue weighted by Crippen LogP contribution is -2.26. The lowest BCUT2D eigenvalue weighted by molar-refractivity contribution is 0.0946. The quantitative estimate of drug-likeness (QED) is 0.546. The van der Waals surface area contributed by atoms with Crippen LogP contribution in [0.1, 0.15) is 23.7 Å². The van der Waals surface area contributed by atoms with Crippen LogP contribution in [0.25, 0.3) is 0 Å². The van der Waals surface area contributed by atoms with Crippen LogP contribution in [0.5, 0.6) is 0 Å². The van der Waals surface area contributed by atoms with Gasteiger partial charge in [-0.2, -0.15) is 0 Å². The fourth-order valence-electron chi connectivity index (χ4n) is 1.55. The lowest BCUT2D eigenvalue weighted by Gasteiger charge is -2.15. The Balaban J connectivity index is 2.30. The van der Waals surface area contributed by atoms with Crippen molar-refractivity contribution in [3.63, 3.8) is 0 Å². The van der Waals surface area contributed by atoms with Crippen LogP contribution in [0.4, 0.5) is 0 Å². The first kappa shape index (κ1) is 15.3. The highest BCUT2D eigenvalue weighted by Crippen LogP contribution is 2.12. The Hall–Kier alpha value is -0.710. The van der Waals surface area contributed by atoms with Crippen molar-refractivity contribution in [2.24, 2.45) is 0 Å². The maximum absolute atomic E-state index is 11.9. The van der Waals surface area contributed by atoms with Gasteiger partial charge in [-0.05, 0) is 26.1 Å². The molecule has 0 bridgehead atoms. The molecule has 1 aromatic rings. The maximum Gasteiger partial charge on any atom is 0.164 e. The Labute approximate surface area is 117 Å². The molecule has 4 heteroatoms. The third-order valence-corrected chi connectivity index (χ3v) is 3.24. The van der Waals surface area contributed by atoms with Crippen LogP contribution in [-0.4, -0.2) is 44.0 Å². The third-order valence-electron chi connectivity index (χ3n) is 2.71. The summed E-state index contributed by atoms with van der Waals surface area (Å²) >= 11 is 3.36. The van der Waals surface area contributed by atoms with Crippen LogP contribution in [0, 0.1) is 0 Å². The van der Waals surface area contributed by atoms with E-state index in [1.165, 1.54) is 0 Å².